The van der Waals surface area contributed by atoms with Gasteiger partial charge in [0.2, 0.25) is 0 Å². The first-order valence-corrected chi connectivity index (χ1v) is 10.5. The summed E-state index contributed by atoms with van der Waals surface area (Å²) in [5.74, 6) is 0.842. The number of benzene rings is 2. The first-order chi connectivity index (χ1) is 15.1. The van der Waals surface area contributed by atoms with Crippen molar-refractivity contribution in [1.82, 2.24) is 4.98 Å². The molecule has 7 heteroatoms. The van der Waals surface area contributed by atoms with E-state index < -0.39 is 0 Å². The predicted molar refractivity (Wildman–Crippen MR) is 125 cm³/mol. The monoisotopic (exact) mass is 444 g/mol. The Bertz CT molecular complexity index is 1030. The highest BCUT2D eigenvalue weighted by Crippen LogP contribution is 2.35. The molecule has 1 unspecified atom stereocenters. The van der Waals surface area contributed by atoms with Gasteiger partial charge in [0, 0.05) is 54.2 Å². The van der Waals surface area contributed by atoms with Crippen molar-refractivity contribution in [3.05, 3.63) is 63.8 Å². The molecule has 0 aliphatic heterocycles. The van der Waals surface area contributed by atoms with Gasteiger partial charge in [-0.2, -0.15) is 0 Å². The lowest BCUT2D eigenvalue weighted by atomic mass is 9.96. The van der Waals surface area contributed by atoms with Crippen molar-refractivity contribution >= 4 is 28.7 Å². The van der Waals surface area contributed by atoms with Crippen LogP contribution in [0.5, 0.6) is 5.75 Å². The quantitative estimate of drug-likeness (QED) is 0.258. The fourth-order valence-corrected chi connectivity index (χ4v) is 3.90. The van der Waals surface area contributed by atoms with Crippen molar-refractivity contribution in [1.29, 1.82) is 0 Å². The number of methoxy groups -OCH3 is 3. The highest BCUT2D eigenvalue weighted by Gasteiger charge is 2.17. The van der Waals surface area contributed by atoms with Crippen molar-refractivity contribution < 1.29 is 19.0 Å². The first kappa shape index (κ1) is 23.1. The number of ether oxygens (including phenoxy) is 3. The normalized spacial score (nSPS) is 12.5. The number of H-pyrrole nitrogens is 1. The zero-order valence-corrected chi connectivity index (χ0v) is 19.2. The highest BCUT2D eigenvalue weighted by atomic mass is 35.5. The molecular formula is C24H29ClN2O4. The van der Waals surface area contributed by atoms with Crippen molar-refractivity contribution in [2.24, 2.45) is 5.16 Å². The Kier molecular flexibility index (Phi) is 8.35. The number of hydrogen-bond acceptors (Lipinski definition) is 5. The third kappa shape index (κ3) is 5.58. The Morgan fingerprint density at radius 1 is 1.10 bits per heavy atom. The van der Waals surface area contributed by atoms with Crippen LogP contribution in [0.3, 0.4) is 0 Å². The maximum atomic E-state index is 6.44. The van der Waals surface area contributed by atoms with Crippen LogP contribution in [0.15, 0.2) is 41.6 Å². The molecule has 0 bridgehead atoms. The second kappa shape index (κ2) is 11.2. The van der Waals surface area contributed by atoms with E-state index >= 15 is 0 Å². The highest BCUT2D eigenvalue weighted by molar-refractivity contribution is 6.31. The minimum atomic E-state index is -0.230. The topological polar surface area (TPSA) is 65.1 Å². The number of oxime groups is 1. The fraction of sp³-hybridized carbons (Fsp3) is 0.375. The molecule has 0 saturated heterocycles. The van der Waals surface area contributed by atoms with Crippen LogP contribution in [0, 0.1) is 6.92 Å². The summed E-state index contributed by atoms with van der Waals surface area (Å²) in [4.78, 5) is 8.98. The Labute approximate surface area is 188 Å². The van der Waals surface area contributed by atoms with Crippen LogP contribution < -0.4 is 4.74 Å². The molecule has 3 rings (SSSR count). The number of fused-ring (bicyclic) bond motifs is 1. The number of aromatic nitrogens is 1. The SMILES string of the molecule is COCC(/C=N/OCCc1c(C)[nH]c2ccc(OC)c(Cc3ccccc3Cl)c12)OC. The zero-order chi connectivity index (χ0) is 22.2. The van der Waals surface area contributed by atoms with E-state index in [9.17, 15) is 0 Å². The summed E-state index contributed by atoms with van der Waals surface area (Å²) in [6.07, 6.45) is 2.76. The number of hydrogen-bond donors (Lipinski definition) is 1. The van der Waals surface area contributed by atoms with E-state index in [-0.39, 0.29) is 6.10 Å². The molecule has 166 valence electrons. The fourth-order valence-electron chi connectivity index (χ4n) is 3.70. The molecule has 0 spiro atoms. The summed E-state index contributed by atoms with van der Waals surface area (Å²) in [6.45, 7) is 2.94. The Hall–Kier alpha value is -2.54. The third-order valence-electron chi connectivity index (χ3n) is 5.27. The molecule has 3 aromatic rings. The minimum absolute atomic E-state index is 0.230. The van der Waals surface area contributed by atoms with E-state index in [1.54, 1.807) is 27.5 Å². The van der Waals surface area contributed by atoms with E-state index in [2.05, 4.69) is 17.1 Å². The average molecular weight is 445 g/mol. The predicted octanol–water partition coefficient (Wildman–Crippen LogP) is 4.94. The maximum Gasteiger partial charge on any atom is 0.123 e. The summed E-state index contributed by atoms with van der Waals surface area (Å²) < 4.78 is 16.0. The molecule has 1 heterocycles. The molecule has 0 amide bonds. The van der Waals surface area contributed by atoms with Gasteiger partial charge in [-0.1, -0.05) is 35.0 Å². The summed E-state index contributed by atoms with van der Waals surface area (Å²) in [5, 5.41) is 5.92. The largest absolute Gasteiger partial charge is 0.496 e. The summed E-state index contributed by atoms with van der Waals surface area (Å²) >= 11 is 6.44. The third-order valence-corrected chi connectivity index (χ3v) is 5.64. The van der Waals surface area contributed by atoms with Crippen molar-refractivity contribution in [3.8, 4) is 5.75 Å². The van der Waals surface area contributed by atoms with E-state index in [1.807, 2.05) is 36.4 Å². The van der Waals surface area contributed by atoms with Crippen LogP contribution in [0.2, 0.25) is 5.02 Å². The molecule has 0 aliphatic rings. The van der Waals surface area contributed by atoms with E-state index in [4.69, 9.17) is 30.6 Å². The second-order valence-corrected chi connectivity index (χ2v) is 7.64. The average Bonchev–Trinajstić information content (AvgIpc) is 3.09. The van der Waals surface area contributed by atoms with Gasteiger partial charge < -0.3 is 24.0 Å². The van der Waals surface area contributed by atoms with Crippen LogP contribution in [0.1, 0.15) is 22.4 Å². The number of nitrogens with one attached hydrogen (secondary N) is 1. The van der Waals surface area contributed by atoms with E-state index in [0.717, 1.165) is 38.5 Å². The van der Waals surface area contributed by atoms with Crippen LogP contribution in [0.4, 0.5) is 0 Å². The van der Waals surface area contributed by atoms with Crippen molar-refractivity contribution in [3.63, 3.8) is 0 Å². The molecule has 1 atom stereocenters. The number of halogens is 1. The van der Waals surface area contributed by atoms with Gasteiger partial charge in [0.05, 0.1) is 19.9 Å². The van der Waals surface area contributed by atoms with Crippen LogP contribution in [-0.2, 0) is 27.2 Å². The minimum Gasteiger partial charge on any atom is -0.496 e. The van der Waals surface area contributed by atoms with Crippen LogP contribution in [0.25, 0.3) is 10.9 Å². The molecular weight excluding hydrogens is 416 g/mol. The van der Waals surface area contributed by atoms with Gasteiger partial charge in [0.15, 0.2) is 0 Å². The summed E-state index contributed by atoms with van der Waals surface area (Å²) in [6, 6.07) is 11.9. The van der Waals surface area contributed by atoms with Crippen molar-refractivity contribution in [2.75, 3.05) is 34.5 Å². The van der Waals surface area contributed by atoms with Gasteiger partial charge in [0.25, 0.3) is 0 Å². The lowest BCUT2D eigenvalue weighted by molar-refractivity contribution is 0.0665. The van der Waals surface area contributed by atoms with Crippen molar-refractivity contribution in [2.45, 2.75) is 25.9 Å². The zero-order valence-electron chi connectivity index (χ0n) is 18.4. The van der Waals surface area contributed by atoms with Gasteiger partial charge in [-0.3, -0.25) is 0 Å². The number of aromatic amines is 1. The van der Waals surface area contributed by atoms with Crippen LogP contribution >= 0.6 is 11.6 Å². The van der Waals surface area contributed by atoms with Gasteiger partial charge in [-0.15, -0.1) is 0 Å². The van der Waals surface area contributed by atoms with Gasteiger partial charge in [-0.25, -0.2) is 0 Å². The van der Waals surface area contributed by atoms with E-state index in [0.29, 0.717) is 26.1 Å². The number of nitrogens with zero attached hydrogens (tertiary/aromatic N) is 1. The Morgan fingerprint density at radius 3 is 2.61 bits per heavy atom. The molecule has 31 heavy (non-hydrogen) atoms. The lowest BCUT2D eigenvalue weighted by Crippen LogP contribution is -2.18. The molecule has 1 aromatic heterocycles. The van der Waals surface area contributed by atoms with E-state index in [1.165, 1.54) is 5.56 Å². The van der Waals surface area contributed by atoms with Gasteiger partial charge >= 0.3 is 0 Å². The first-order valence-electron chi connectivity index (χ1n) is 10.2. The summed E-state index contributed by atoms with van der Waals surface area (Å²) in [7, 11) is 4.93. The molecule has 0 radical (unpaired) electrons. The molecule has 0 aliphatic carbocycles. The molecule has 2 aromatic carbocycles. The number of aryl methyl sites for hydroxylation is 1. The van der Waals surface area contributed by atoms with Crippen LogP contribution in [-0.4, -0.2) is 51.8 Å². The number of rotatable bonds is 11. The molecule has 1 N–H and O–H groups in total. The van der Waals surface area contributed by atoms with Gasteiger partial charge in [0.1, 0.15) is 18.5 Å². The maximum absolute atomic E-state index is 6.44. The smallest absolute Gasteiger partial charge is 0.123 e. The lowest BCUT2D eigenvalue weighted by Gasteiger charge is -2.13. The second-order valence-electron chi connectivity index (χ2n) is 7.23. The molecule has 0 fully saturated rings. The Morgan fingerprint density at radius 2 is 1.90 bits per heavy atom. The summed E-state index contributed by atoms with van der Waals surface area (Å²) in [5.41, 5.74) is 5.52. The van der Waals surface area contributed by atoms with Gasteiger partial charge in [-0.05, 0) is 36.2 Å². The molecule has 0 saturated carbocycles. The Balaban J connectivity index is 1.85. The molecule has 6 nitrogen and oxygen atoms in total. The standard InChI is InChI=1S/C24H29ClN2O4/c1-16-19(11-12-31-26-14-18(29-3)15-28-2)24-20(13-17-7-5-6-8-21(17)25)23(30-4)10-9-22(24)27-16/h5-10,14,18,27H,11-13,15H2,1-4H3/b26-14+.